The standard InChI is InChI=1S/C21H13FN2O3S2/c22-15-8-6-13(7-9-15)17-11-10-16(27-17)12-18-20(26)24(21(28)29-18)23-19(25)14-4-2-1-3-5-14/h1-12H,(H,23,25). The normalized spacial score (nSPS) is 15.2. The molecule has 29 heavy (non-hydrogen) atoms. The van der Waals surface area contributed by atoms with Gasteiger partial charge in [-0.25, -0.2) is 4.39 Å². The van der Waals surface area contributed by atoms with Gasteiger partial charge in [0.1, 0.15) is 17.3 Å². The Morgan fingerprint density at radius 1 is 1.07 bits per heavy atom. The van der Waals surface area contributed by atoms with E-state index < -0.39 is 11.8 Å². The van der Waals surface area contributed by atoms with Crippen molar-refractivity contribution in [3.63, 3.8) is 0 Å². The summed E-state index contributed by atoms with van der Waals surface area (Å²) in [5.74, 6) is -0.214. The zero-order valence-electron chi connectivity index (χ0n) is 14.8. The number of hydrogen-bond acceptors (Lipinski definition) is 5. The SMILES string of the molecule is O=C(NN1C(=O)C(=Cc2ccc(-c3ccc(F)cc3)o2)SC1=S)c1ccccc1. The van der Waals surface area contributed by atoms with Crippen molar-refractivity contribution < 1.29 is 18.4 Å². The number of hydrazine groups is 1. The van der Waals surface area contributed by atoms with Crippen LogP contribution in [0, 0.1) is 5.82 Å². The van der Waals surface area contributed by atoms with Gasteiger partial charge >= 0.3 is 0 Å². The largest absolute Gasteiger partial charge is 0.457 e. The summed E-state index contributed by atoms with van der Waals surface area (Å²) in [6, 6.07) is 17.9. The van der Waals surface area contributed by atoms with Crippen molar-refractivity contribution in [2.75, 3.05) is 0 Å². The number of rotatable bonds is 4. The minimum Gasteiger partial charge on any atom is -0.457 e. The van der Waals surface area contributed by atoms with E-state index in [2.05, 4.69) is 5.43 Å². The Morgan fingerprint density at radius 3 is 2.52 bits per heavy atom. The molecule has 0 aliphatic carbocycles. The van der Waals surface area contributed by atoms with E-state index in [4.69, 9.17) is 16.6 Å². The highest BCUT2D eigenvalue weighted by atomic mass is 32.2. The van der Waals surface area contributed by atoms with E-state index in [-0.39, 0.29) is 10.1 Å². The van der Waals surface area contributed by atoms with Gasteiger partial charge in [0.25, 0.3) is 11.8 Å². The van der Waals surface area contributed by atoms with Crippen LogP contribution in [0.2, 0.25) is 0 Å². The lowest BCUT2D eigenvalue weighted by Crippen LogP contribution is -2.44. The maximum Gasteiger partial charge on any atom is 0.285 e. The van der Waals surface area contributed by atoms with Gasteiger partial charge in [0, 0.05) is 17.2 Å². The first-order valence-electron chi connectivity index (χ1n) is 8.51. The Labute approximate surface area is 175 Å². The summed E-state index contributed by atoms with van der Waals surface area (Å²) < 4.78 is 19.0. The molecule has 5 nitrogen and oxygen atoms in total. The topological polar surface area (TPSA) is 62.6 Å². The fourth-order valence-electron chi connectivity index (χ4n) is 2.65. The molecular weight excluding hydrogens is 411 g/mol. The molecule has 1 saturated heterocycles. The third kappa shape index (κ3) is 4.13. The number of halogens is 1. The summed E-state index contributed by atoms with van der Waals surface area (Å²) in [7, 11) is 0. The number of hydrogen-bond donors (Lipinski definition) is 1. The smallest absolute Gasteiger partial charge is 0.285 e. The van der Waals surface area contributed by atoms with Crippen molar-refractivity contribution in [3.8, 4) is 11.3 Å². The summed E-state index contributed by atoms with van der Waals surface area (Å²) in [5.41, 5.74) is 3.66. The zero-order chi connectivity index (χ0) is 20.4. The highest BCUT2D eigenvalue weighted by molar-refractivity contribution is 8.26. The predicted octanol–water partition coefficient (Wildman–Crippen LogP) is 4.63. The van der Waals surface area contributed by atoms with Crippen LogP contribution in [-0.2, 0) is 4.79 Å². The van der Waals surface area contributed by atoms with Gasteiger partial charge in [0.05, 0.1) is 4.91 Å². The molecule has 2 aromatic carbocycles. The van der Waals surface area contributed by atoms with Crippen LogP contribution in [0.3, 0.4) is 0 Å². The molecule has 0 saturated carbocycles. The van der Waals surface area contributed by atoms with Crippen LogP contribution in [0.1, 0.15) is 16.1 Å². The molecule has 2 heterocycles. The van der Waals surface area contributed by atoms with E-state index in [1.807, 2.05) is 0 Å². The maximum absolute atomic E-state index is 13.1. The molecule has 144 valence electrons. The second-order valence-corrected chi connectivity index (χ2v) is 7.71. The number of amides is 2. The van der Waals surface area contributed by atoms with Gasteiger partial charge in [-0.15, -0.1) is 0 Å². The van der Waals surface area contributed by atoms with Crippen molar-refractivity contribution in [3.05, 3.63) is 88.8 Å². The molecule has 1 aliphatic rings. The first-order chi connectivity index (χ1) is 14.0. The number of furan rings is 1. The number of carbonyl (C=O) groups excluding carboxylic acids is 2. The van der Waals surface area contributed by atoms with Crippen LogP contribution < -0.4 is 5.43 Å². The molecule has 0 bridgehead atoms. The molecule has 0 radical (unpaired) electrons. The van der Waals surface area contributed by atoms with Crippen molar-refractivity contribution in [2.24, 2.45) is 0 Å². The first-order valence-corrected chi connectivity index (χ1v) is 9.73. The molecule has 0 atom stereocenters. The van der Waals surface area contributed by atoms with Crippen LogP contribution in [0.4, 0.5) is 4.39 Å². The lowest BCUT2D eigenvalue weighted by atomic mass is 10.2. The van der Waals surface area contributed by atoms with Crippen molar-refractivity contribution in [1.82, 2.24) is 10.4 Å². The monoisotopic (exact) mass is 424 g/mol. The van der Waals surface area contributed by atoms with Gasteiger partial charge < -0.3 is 4.42 Å². The highest BCUT2D eigenvalue weighted by Gasteiger charge is 2.34. The minimum atomic E-state index is -0.441. The number of thioether (sulfide) groups is 1. The van der Waals surface area contributed by atoms with E-state index in [1.165, 1.54) is 12.1 Å². The average Bonchev–Trinajstić information content (AvgIpc) is 3.29. The van der Waals surface area contributed by atoms with E-state index in [9.17, 15) is 14.0 Å². The second kappa shape index (κ2) is 8.02. The second-order valence-electron chi connectivity index (χ2n) is 6.03. The molecule has 1 aliphatic heterocycles. The van der Waals surface area contributed by atoms with Crippen LogP contribution in [0.15, 0.2) is 76.1 Å². The summed E-state index contributed by atoms with van der Waals surface area (Å²) in [4.78, 5) is 25.3. The van der Waals surface area contributed by atoms with Crippen molar-refractivity contribution >= 4 is 46.2 Å². The van der Waals surface area contributed by atoms with Crippen molar-refractivity contribution in [2.45, 2.75) is 0 Å². The Bertz CT molecular complexity index is 1120. The van der Waals surface area contributed by atoms with Gasteiger partial charge in [-0.3, -0.25) is 15.0 Å². The van der Waals surface area contributed by atoms with Crippen LogP contribution in [0.25, 0.3) is 17.4 Å². The van der Waals surface area contributed by atoms with Gasteiger partial charge in [-0.05, 0) is 60.7 Å². The predicted molar refractivity (Wildman–Crippen MR) is 113 cm³/mol. The highest BCUT2D eigenvalue weighted by Crippen LogP contribution is 2.32. The fraction of sp³-hybridized carbons (Fsp3) is 0. The van der Waals surface area contributed by atoms with E-state index in [0.717, 1.165) is 16.8 Å². The van der Waals surface area contributed by atoms with Gasteiger partial charge in [0.2, 0.25) is 0 Å². The van der Waals surface area contributed by atoms with Gasteiger partial charge in [0.15, 0.2) is 4.32 Å². The van der Waals surface area contributed by atoms with Gasteiger partial charge in [-0.1, -0.05) is 30.0 Å². The number of nitrogens with one attached hydrogen (secondary N) is 1. The minimum absolute atomic E-state index is 0.218. The molecule has 4 rings (SSSR count). The quantitative estimate of drug-likeness (QED) is 0.489. The van der Waals surface area contributed by atoms with Crippen LogP contribution in [0.5, 0.6) is 0 Å². The molecule has 2 amide bonds. The summed E-state index contributed by atoms with van der Waals surface area (Å²) in [5, 5.41) is 1.05. The third-order valence-electron chi connectivity index (χ3n) is 4.07. The molecule has 1 fully saturated rings. The Kier molecular flexibility index (Phi) is 5.28. The summed E-state index contributed by atoms with van der Waals surface area (Å²) in [6.45, 7) is 0. The molecule has 0 spiro atoms. The molecule has 3 aromatic rings. The summed E-state index contributed by atoms with van der Waals surface area (Å²) >= 11 is 6.28. The molecular formula is C21H13FN2O3S2. The average molecular weight is 424 g/mol. The maximum atomic E-state index is 13.1. The molecule has 0 unspecified atom stereocenters. The van der Waals surface area contributed by atoms with Crippen LogP contribution in [-0.4, -0.2) is 21.1 Å². The molecule has 8 heteroatoms. The van der Waals surface area contributed by atoms with E-state index >= 15 is 0 Å². The molecule has 1 N–H and O–H groups in total. The van der Waals surface area contributed by atoms with E-state index in [0.29, 0.717) is 27.6 Å². The first kappa shape index (κ1) is 19.1. The fourth-order valence-corrected chi connectivity index (χ4v) is 3.81. The molecule has 1 aromatic heterocycles. The van der Waals surface area contributed by atoms with Crippen LogP contribution >= 0.6 is 24.0 Å². The number of carbonyl (C=O) groups is 2. The summed E-state index contributed by atoms with van der Waals surface area (Å²) in [6.07, 6.45) is 1.56. The van der Waals surface area contributed by atoms with E-state index in [1.54, 1.807) is 60.7 Å². The Morgan fingerprint density at radius 2 is 1.79 bits per heavy atom. The number of thiocarbonyl (C=S) groups is 1. The zero-order valence-corrected chi connectivity index (χ0v) is 16.4. The Hall–Kier alpha value is -3.23. The van der Waals surface area contributed by atoms with Crippen molar-refractivity contribution in [1.29, 1.82) is 0 Å². The Balaban J connectivity index is 1.50. The van der Waals surface area contributed by atoms with Gasteiger partial charge in [-0.2, -0.15) is 5.01 Å². The lowest BCUT2D eigenvalue weighted by molar-refractivity contribution is -0.123. The number of benzene rings is 2. The number of nitrogens with zero attached hydrogens (tertiary/aromatic N) is 1. The third-order valence-corrected chi connectivity index (χ3v) is 5.37. The lowest BCUT2D eigenvalue weighted by Gasteiger charge is -2.15.